The first-order valence-electron chi connectivity index (χ1n) is 13.6. The fourth-order valence-electron chi connectivity index (χ4n) is 4.77. The Labute approximate surface area is 234 Å². The van der Waals surface area contributed by atoms with Gasteiger partial charge in [-0.15, -0.1) is 0 Å². The molecule has 4 aromatic rings. The van der Waals surface area contributed by atoms with E-state index >= 15 is 0 Å². The molecule has 0 aliphatic carbocycles. The Bertz CT molecular complexity index is 1480. The number of fused-ring (bicyclic) bond motifs is 2. The standard InChI is InChI=1S/C32H34N2O6/c1-3-37-16-6-15-33(32(36)27-12-11-25-7-4-5-8-26(25)18-27)21-31(35)34(20-28-13-9-23(2)40-28)19-24-10-14-29-30(17-24)39-22-38-29/h4-5,7-14,17-18H,3,6,15-16,19-22H2,1-2H3. The van der Waals surface area contributed by atoms with Crippen LogP contribution < -0.4 is 9.47 Å². The van der Waals surface area contributed by atoms with E-state index in [2.05, 4.69) is 0 Å². The monoisotopic (exact) mass is 542 g/mol. The first kappa shape index (κ1) is 27.3. The van der Waals surface area contributed by atoms with Crippen molar-refractivity contribution in [3.05, 3.63) is 95.4 Å². The maximum absolute atomic E-state index is 13.8. The van der Waals surface area contributed by atoms with Gasteiger partial charge >= 0.3 is 0 Å². The lowest BCUT2D eigenvalue weighted by atomic mass is 10.1. The molecule has 2 amide bonds. The molecule has 8 nitrogen and oxygen atoms in total. The third kappa shape index (κ3) is 6.63. The van der Waals surface area contributed by atoms with Crippen LogP contribution in [0.25, 0.3) is 10.8 Å². The summed E-state index contributed by atoms with van der Waals surface area (Å²) in [6, 6.07) is 23.0. The molecule has 0 saturated heterocycles. The van der Waals surface area contributed by atoms with Crippen LogP contribution in [0.5, 0.6) is 11.5 Å². The molecular weight excluding hydrogens is 508 g/mol. The molecule has 0 spiro atoms. The summed E-state index contributed by atoms with van der Waals surface area (Å²) in [5.41, 5.74) is 1.44. The van der Waals surface area contributed by atoms with Crippen LogP contribution in [0.15, 0.2) is 77.2 Å². The summed E-state index contributed by atoms with van der Waals surface area (Å²) in [4.78, 5) is 30.9. The molecule has 0 radical (unpaired) electrons. The fourth-order valence-corrected chi connectivity index (χ4v) is 4.77. The second-order valence-electron chi connectivity index (χ2n) is 9.79. The number of nitrogens with zero attached hydrogens (tertiary/aromatic N) is 2. The summed E-state index contributed by atoms with van der Waals surface area (Å²) in [7, 11) is 0. The van der Waals surface area contributed by atoms with Crippen molar-refractivity contribution >= 4 is 22.6 Å². The van der Waals surface area contributed by atoms with Crippen molar-refractivity contribution in [2.75, 3.05) is 33.1 Å². The molecule has 208 valence electrons. The summed E-state index contributed by atoms with van der Waals surface area (Å²) in [5, 5.41) is 2.04. The number of carbonyl (C=O) groups excluding carboxylic acids is 2. The Hall–Kier alpha value is -4.30. The van der Waals surface area contributed by atoms with Gasteiger partial charge in [0, 0.05) is 31.9 Å². The highest BCUT2D eigenvalue weighted by Gasteiger charge is 2.24. The topological polar surface area (TPSA) is 81.5 Å². The molecule has 0 fully saturated rings. The quantitative estimate of drug-likeness (QED) is 0.218. The molecule has 0 saturated carbocycles. The lowest BCUT2D eigenvalue weighted by Gasteiger charge is -2.28. The van der Waals surface area contributed by atoms with Gasteiger partial charge in [0.25, 0.3) is 5.91 Å². The summed E-state index contributed by atoms with van der Waals surface area (Å²) in [6.07, 6.45) is 0.625. The van der Waals surface area contributed by atoms with Crippen LogP contribution in [-0.2, 0) is 22.6 Å². The average molecular weight is 543 g/mol. The maximum Gasteiger partial charge on any atom is 0.254 e. The van der Waals surface area contributed by atoms with Gasteiger partial charge in [-0.2, -0.15) is 0 Å². The number of rotatable bonds is 12. The minimum absolute atomic E-state index is 0.0674. The van der Waals surface area contributed by atoms with Crippen molar-refractivity contribution in [2.24, 2.45) is 0 Å². The van der Waals surface area contributed by atoms with Gasteiger partial charge in [-0.05, 0) is 73.0 Å². The van der Waals surface area contributed by atoms with Crippen molar-refractivity contribution in [2.45, 2.75) is 33.4 Å². The Morgan fingerprint density at radius 1 is 0.875 bits per heavy atom. The molecule has 3 aromatic carbocycles. The van der Waals surface area contributed by atoms with Crippen LogP contribution in [0.2, 0.25) is 0 Å². The third-order valence-electron chi connectivity index (χ3n) is 6.84. The van der Waals surface area contributed by atoms with Gasteiger partial charge in [-0.1, -0.05) is 36.4 Å². The van der Waals surface area contributed by atoms with E-state index in [1.54, 1.807) is 9.80 Å². The SMILES string of the molecule is CCOCCCN(CC(=O)N(Cc1ccc2c(c1)OCO2)Cc1ccc(C)o1)C(=O)c1ccc2ccccc2c1. The minimum Gasteiger partial charge on any atom is -0.464 e. The van der Waals surface area contributed by atoms with Crippen molar-refractivity contribution in [1.82, 2.24) is 9.80 Å². The van der Waals surface area contributed by atoms with E-state index in [-0.39, 0.29) is 31.7 Å². The number of carbonyl (C=O) groups is 2. The summed E-state index contributed by atoms with van der Waals surface area (Å²) in [5.74, 6) is 2.42. The van der Waals surface area contributed by atoms with Gasteiger partial charge in [0.1, 0.15) is 18.1 Å². The number of amides is 2. The highest BCUT2D eigenvalue weighted by Crippen LogP contribution is 2.33. The maximum atomic E-state index is 13.8. The molecule has 0 unspecified atom stereocenters. The summed E-state index contributed by atoms with van der Waals surface area (Å²) >= 11 is 0. The van der Waals surface area contributed by atoms with Crippen molar-refractivity contribution in [3.8, 4) is 11.5 Å². The molecule has 8 heteroatoms. The molecule has 0 bridgehead atoms. The fraction of sp³-hybridized carbons (Fsp3) is 0.312. The zero-order chi connectivity index (χ0) is 27.9. The largest absolute Gasteiger partial charge is 0.464 e. The van der Waals surface area contributed by atoms with Gasteiger partial charge in [0.05, 0.1) is 6.54 Å². The van der Waals surface area contributed by atoms with E-state index in [0.717, 1.165) is 22.1 Å². The van der Waals surface area contributed by atoms with Crippen LogP contribution in [0, 0.1) is 6.92 Å². The molecule has 2 heterocycles. The van der Waals surface area contributed by atoms with Gasteiger partial charge < -0.3 is 28.4 Å². The normalized spacial score (nSPS) is 12.1. The van der Waals surface area contributed by atoms with Crippen molar-refractivity contribution in [1.29, 1.82) is 0 Å². The summed E-state index contributed by atoms with van der Waals surface area (Å²) in [6.45, 7) is 6.03. The van der Waals surface area contributed by atoms with Crippen LogP contribution in [0.4, 0.5) is 0 Å². The van der Waals surface area contributed by atoms with Crippen molar-refractivity contribution in [3.63, 3.8) is 0 Å². The van der Waals surface area contributed by atoms with Gasteiger partial charge in [-0.25, -0.2) is 0 Å². The number of benzene rings is 3. The Kier molecular flexibility index (Phi) is 8.66. The molecule has 40 heavy (non-hydrogen) atoms. The number of aryl methyl sites for hydroxylation is 1. The van der Waals surface area contributed by atoms with E-state index < -0.39 is 0 Å². The first-order chi connectivity index (χ1) is 19.5. The van der Waals surface area contributed by atoms with Gasteiger partial charge in [0.2, 0.25) is 12.7 Å². The smallest absolute Gasteiger partial charge is 0.254 e. The van der Waals surface area contributed by atoms with E-state index in [4.69, 9.17) is 18.6 Å². The summed E-state index contributed by atoms with van der Waals surface area (Å²) < 4.78 is 22.3. The number of hydrogen-bond acceptors (Lipinski definition) is 6. The molecule has 0 atom stereocenters. The molecule has 5 rings (SSSR count). The van der Waals surface area contributed by atoms with Crippen LogP contribution in [0.3, 0.4) is 0 Å². The Morgan fingerprint density at radius 3 is 2.50 bits per heavy atom. The minimum atomic E-state index is -0.188. The molecular formula is C32H34N2O6. The highest BCUT2D eigenvalue weighted by atomic mass is 16.7. The lowest BCUT2D eigenvalue weighted by Crippen LogP contribution is -2.43. The second-order valence-corrected chi connectivity index (χ2v) is 9.79. The van der Waals surface area contributed by atoms with E-state index in [9.17, 15) is 9.59 Å². The number of furan rings is 1. The first-order valence-corrected chi connectivity index (χ1v) is 13.6. The van der Waals surface area contributed by atoms with Gasteiger partial charge in [-0.3, -0.25) is 9.59 Å². The number of hydrogen-bond donors (Lipinski definition) is 0. The second kappa shape index (κ2) is 12.7. The van der Waals surface area contributed by atoms with E-state index in [1.165, 1.54) is 0 Å². The zero-order valence-corrected chi connectivity index (χ0v) is 22.9. The third-order valence-corrected chi connectivity index (χ3v) is 6.84. The average Bonchev–Trinajstić information content (AvgIpc) is 3.61. The molecule has 0 N–H and O–H groups in total. The van der Waals surface area contributed by atoms with Crippen molar-refractivity contribution < 1.29 is 28.2 Å². The molecule has 1 aliphatic heterocycles. The Balaban J connectivity index is 1.37. The molecule has 1 aliphatic rings. The Morgan fingerprint density at radius 2 is 1.70 bits per heavy atom. The predicted octanol–water partition coefficient (Wildman–Crippen LogP) is 5.57. The van der Waals surface area contributed by atoms with Crippen LogP contribution in [-0.4, -0.2) is 54.7 Å². The van der Waals surface area contributed by atoms with Crippen LogP contribution in [0.1, 0.15) is 40.8 Å². The predicted molar refractivity (Wildman–Crippen MR) is 151 cm³/mol. The highest BCUT2D eigenvalue weighted by molar-refractivity contribution is 6.00. The lowest BCUT2D eigenvalue weighted by molar-refractivity contribution is -0.133. The van der Waals surface area contributed by atoms with E-state index in [0.29, 0.717) is 55.5 Å². The van der Waals surface area contributed by atoms with Gasteiger partial charge in [0.15, 0.2) is 11.5 Å². The molecule has 1 aromatic heterocycles. The zero-order valence-electron chi connectivity index (χ0n) is 22.9. The number of ether oxygens (including phenoxy) is 3. The van der Waals surface area contributed by atoms with E-state index in [1.807, 2.05) is 86.6 Å². The van der Waals surface area contributed by atoms with Crippen LogP contribution >= 0.6 is 0 Å².